The topological polar surface area (TPSA) is 52.6 Å². The Balaban J connectivity index is 2.23. The molecule has 0 amide bonds. The van der Waals surface area contributed by atoms with Gasteiger partial charge >= 0.3 is 11.9 Å². The number of carbonyl (C=O) groups excluding carboxylic acids is 2. The van der Waals surface area contributed by atoms with E-state index in [1.165, 1.54) is 12.1 Å². The van der Waals surface area contributed by atoms with Gasteiger partial charge in [-0.15, -0.1) is 0 Å². The van der Waals surface area contributed by atoms with Crippen molar-refractivity contribution in [1.82, 2.24) is 0 Å². The van der Waals surface area contributed by atoms with Gasteiger partial charge in [-0.25, -0.2) is 4.39 Å². The third kappa shape index (κ3) is 7.20. The lowest BCUT2D eigenvalue weighted by molar-refractivity contribution is -0.163. The maximum Gasteiger partial charge on any atom is 0.309 e. The van der Waals surface area contributed by atoms with E-state index in [4.69, 9.17) is 9.47 Å². The predicted molar refractivity (Wildman–Crippen MR) is 119 cm³/mol. The highest BCUT2D eigenvalue weighted by atomic mass is 19.1. The molecule has 31 heavy (non-hydrogen) atoms. The van der Waals surface area contributed by atoms with Crippen LogP contribution in [-0.4, -0.2) is 23.6 Å². The molecule has 0 fully saturated rings. The van der Waals surface area contributed by atoms with Crippen molar-refractivity contribution >= 4 is 11.9 Å². The van der Waals surface area contributed by atoms with Crippen LogP contribution in [-0.2, 0) is 19.1 Å². The monoisotopic (exact) mass is 428 g/mol. The fraction of sp³-hybridized carbons (Fsp3) is 0.462. The van der Waals surface area contributed by atoms with Gasteiger partial charge in [0.15, 0.2) is 0 Å². The number of carbonyl (C=O) groups is 2. The normalized spacial score (nSPS) is 14.5. The number of esters is 2. The van der Waals surface area contributed by atoms with Crippen LogP contribution in [0, 0.1) is 25.6 Å². The Morgan fingerprint density at radius 1 is 1.00 bits per heavy atom. The molecule has 0 aliphatic rings. The highest BCUT2D eigenvalue weighted by Gasteiger charge is 2.29. The van der Waals surface area contributed by atoms with Crippen molar-refractivity contribution in [2.75, 3.05) is 0 Å². The van der Waals surface area contributed by atoms with Crippen LogP contribution in [0.1, 0.15) is 69.2 Å². The quantitative estimate of drug-likeness (QED) is 0.517. The molecule has 2 rings (SSSR count). The minimum absolute atomic E-state index is 0.0480. The van der Waals surface area contributed by atoms with Gasteiger partial charge in [-0.1, -0.05) is 42.8 Å². The molecule has 0 unspecified atom stereocenters. The summed E-state index contributed by atoms with van der Waals surface area (Å²) < 4.78 is 24.8. The van der Waals surface area contributed by atoms with Gasteiger partial charge in [0.2, 0.25) is 0 Å². The molecule has 2 aromatic rings. The number of ether oxygens (including phenoxy) is 2. The highest BCUT2D eigenvalue weighted by Crippen LogP contribution is 2.33. The molecule has 2 aromatic carbocycles. The summed E-state index contributed by atoms with van der Waals surface area (Å²) >= 11 is 0. The van der Waals surface area contributed by atoms with Gasteiger partial charge in [-0.05, 0) is 70.4 Å². The van der Waals surface area contributed by atoms with E-state index in [1.807, 2.05) is 45.0 Å². The zero-order valence-electron chi connectivity index (χ0n) is 19.5. The van der Waals surface area contributed by atoms with Crippen LogP contribution in [0.25, 0.3) is 0 Å². The average molecular weight is 429 g/mol. The number of benzene rings is 2. The third-order valence-corrected chi connectivity index (χ3v) is 5.07. The van der Waals surface area contributed by atoms with Crippen LogP contribution < -0.4 is 0 Å². The van der Waals surface area contributed by atoms with Crippen molar-refractivity contribution in [3.05, 3.63) is 70.5 Å². The Labute approximate surface area is 184 Å². The minimum atomic E-state index is -0.634. The smallest absolute Gasteiger partial charge is 0.309 e. The summed E-state index contributed by atoms with van der Waals surface area (Å²) in [5.41, 5.74) is 3.17. The maximum absolute atomic E-state index is 13.7. The van der Waals surface area contributed by atoms with Crippen molar-refractivity contribution < 1.29 is 23.5 Å². The first-order chi connectivity index (χ1) is 14.4. The van der Waals surface area contributed by atoms with Gasteiger partial charge in [0.05, 0.1) is 12.3 Å². The second-order valence-corrected chi connectivity index (χ2v) is 9.22. The van der Waals surface area contributed by atoms with Crippen LogP contribution >= 0.6 is 0 Å². The van der Waals surface area contributed by atoms with Crippen molar-refractivity contribution in [3.63, 3.8) is 0 Å². The molecule has 0 aliphatic carbocycles. The van der Waals surface area contributed by atoms with E-state index in [0.717, 1.165) is 22.3 Å². The molecule has 4 nitrogen and oxygen atoms in total. The van der Waals surface area contributed by atoms with Gasteiger partial charge < -0.3 is 9.47 Å². The second kappa shape index (κ2) is 10.1. The van der Waals surface area contributed by atoms with E-state index in [9.17, 15) is 14.0 Å². The number of halogens is 1. The summed E-state index contributed by atoms with van der Waals surface area (Å²) in [7, 11) is 0. The van der Waals surface area contributed by atoms with Crippen LogP contribution in [0.15, 0.2) is 42.5 Å². The van der Waals surface area contributed by atoms with E-state index in [1.54, 1.807) is 33.8 Å². The van der Waals surface area contributed by atoms with Crippen molar-refractivity contribution in [2.24, 2.45) is 5.92 Å². The Morgan fingerprint density at radius 2 is 1.61 bits per heavy atom. The maximum atomic E-state index is 13.7. The summed E-state index contributed by atoms with van der Waals surface area (Å²) in [4.78, 5) is 24.8. The Morgan fingerprint density at radius 3 is 2.16 bits per heavy atom. The largest absolute Gasteiger partial charge is 0.461 e. The fourth-order valence-corrected chi connectivity index (χ4v) is 3.55. The molecule has 0 radical (unpaired) electrons. The van der Waals surface area contributed by atoms with Gasteiger partial charge in [-0.2, -0.15) is 0 Å². The zero-order valence-corrected chi connectivity index (χ0v) is 19.5. The SMILES string of the molecule is Cc1ccc([C@@H](c2ccc(F)cc2C)[C@H](C)OC(=O)[C@H](C)CC(=O)OC(C)(C)C)cc1. The van der Waals surface area contributed by atoms with Gasteiger partial charge in [0.1, 0.15) is 17.5 Å². The summed E-state index contributed by atoms with van der Waals surface area (Å²) in [5, 5.41) is 0. The van der Waals surface area contributed by atoms with Crippen LogP contribution in [0.2, 0.25) is 0 Å². The molecule has 0 N–H and O–H groups in total. The third-order valence-electron chi connectivity index (χ3n) is 5.07. The van der Waals surface area contributed by atoms with Crippen LogP contribution in [0.3, 0.4) is 0 Å². The molecule has 0 aromatic heterocycles. The number of hydrogen-bond donors (Lipinski definition) is 0. The number of rotatable bonds is 7. The summed E-state index contributed by atoms with van der Waals surface area (Å²) in [6.07, 6.45) is -0.561. The molecule has 0 spiro atoms. The molecule has 0 saturated carbocycles. The molecular weight excluding hydrogens is 395 g/mol. The number of hydrogen-bond acceptors (Lipinski definition) is 4. The Hall–Kier alpha value is -2.69. The lowest BCUT2D eigenvalue weighted by Crippen LogP contribution is -2.30. The highest BCUT2D eigenvalue weighted by molar-refractivity contribution is 5.80. The molecule has 0 heterocycles. The first kappa shape index (κ1) is 24.6. The van der Waals surface area contributed by atoms with Crippen molar-refractivity contribution in [3.8, 4) is 0 Å². The first-order valence-electron chi connectivity index (χ1n) is 10.6. The van der Waals surface area contributed by atoms with Gasteiger partial charge in [-0.3, -0.25) is 9.59 Å². The second-order valence-electron chi connectivity index (χ2n) is 9.22. The van der Waals surface area contributed by atoms with Crippen molar-refractivity contribution in [2.45, 2.75) is 72.5 Å². The van der Waals surface area contributed by atoms with Gasteiger partial charge in [0, 0.05) is 5.92 Å². The average Bonchev–Trinajstić information content (AvgIpc) is 2.63. The van der Waals surface area contributed by atoms with E-state index >= 15 is 0 Å². The molecular formula is C26H33FO4. The Bertz CT molecular complexity index is 912. The lowest BCUT2D eigenvalue weighted by Gasteiger charge is -2.28. The fourth-order valence-electron chi connectivity index (χ4n) is 3.55. The summed E-state index contributed by atoms with van der Waals surface area (Å²) in [6, 6.07) is 12.6. The first-order valence-corrected chi connectivity index (χ1v) is 10.6. The molecule has 168 valence electrons. The van der Waals surface area contributed by atoms with Gasteiger partial charge in [0.25, 0.3) is 0 Å². The Kier molecular flexibility index (Phi) is 7.99. The lowest BCUT2D eigenvalue weighted by atomic mass is 9.84. The molecule has 0 aliphatic heterocycles. The van der Waals surface area contributed by atoms with Crippen LogP contribution in [0.4, 0.5) is 4.39 Å². The standard InChI is InChI=1S/C26H33FO4/c1-16-8-10-20(11-9-16)24(22-13-12-21(27)14-17(22)2)19(4)30-25(29)18(3)15-23(28)31-26(5,6)7/h8-14,18-19,24H,15H2,1-7H3/t18-,19+,24+/m1/s1. The molecule has 0 bridgehead atoms. The van der Waals surface area contributed by atoms with E-state index < -0.39 is 29.6 Å². The van der Waals surface area contributed by atoms with Crippen molar-refractivity contribution in [1.29, 1.82) is 0 Å². The molecule has 3 atom stereocenters. The summed E-state index contributed by atoms with van der Waals surface area (Å²) in [6.45, 7) is 12.7. The van der Waals surface area contributed by atoms with E-state index in [-0.39, 0.29) is 18.2 Å². The zero-order chi connectivity index (χ0) is 23.3. The molecule has 5 heteroatoms. The van der Waals surface area contributed by atoms with E-state index in [0.29, 0.717) is 0 Å². The minimum Gasteiger partial charge on any atom is -0.461 e. The predicted octanol–water partition coefficient (Wildman–Crippen LogP) is 5.87. The molecule has 0 saturated heterocycles. The number of aryl methyl sites for hydroxylation is 2. The van der Waals surface area contributed by atoms with Crippen LogP contribution in [0.5, 0.6) is 0 Å². The van der Waals surface area contributed by atoms with E-state index in [2.05, 4.69) is 0 Å². The summed E-state index contributed by atoms with van der Waals surface area (Å²) in [5.74, 6) is -2.10.